The summed E-state index contributed by atoms with van der Waals surface area (Å²) < 4.78 is 0. The molecule has 0 N–H and O–H groups in total. The van der Waals surface area contributed by atoms with Crippen molar-refractivity contribution in [2.45, 2.75) is 59.3 Å². The minimum Gasteiger partial charge on any atom is -0.124 e. The number of rotatable bonds is 2. The van der Waals surface area contributed by atoms with E-state index in [-0.39, 0.29) is 0 Å². The molecule has 0 saturated heterocycles. The Labute approximate surface area is 84.1 Å². The van der Waals surface area contributed by atoms with Crippen LogP contribution in [0.4, 0.5) is 0 Å². The summed E-state index contributed by atoms with van der Waals surface area (Å²) in [5, 5.41) is 0. The quantitative estimate of drug-likeness (QED) is 0.557. The summed E-state index contributed by atoms with van der Waals surface area (Å²) in [6.07, 6.45) is 16.8. The molecule has 0 unspecified atom stereocenters. The molecule has 0 radical (unpaired) electrons. The monoisotopic (exact) mass is 180 g/mol. The maximum absolute atomic E-state index is 4.00. The van der Waals surface area contributed by atoms with Crippen molar-refractivity contribution in [3.05, 3.63) is 0 Å². The van der Waals surface area contributed by atoms with E-state index in [1.807, 2.05) is 0 Å². The van der Waals surface area contributed by atoms with Gasteiger partial charge in [0.05, 0.1) is 0 Å². The molecular weight excluding hydrogens is 156 g/mol. The molecular formula is C13H24. The largest absolute Gasteiger partial charge is 0.124 e. The van der Waals surface area contributed by atoms with Crippen LogP contribution in [0.25, 0.3) is 0 Å². The Balaban J connectivity index is 0.000000671. The molecule has 1 saturated carbocycles. The summed E-state index contributed by atoms with van der Waals surface area (Å²) >= 11 is 0. The second-order valence-corrected chi connectivity index (χ2v) is 4.68. The van der Waals surface area contributed by atoms with Gasteiger partial charge >= 0.3 is 0 Å². The van der Waals surface area contributed by atoms with Gasteiger partial charge in [-0.1, -0.05) is 46.5 Å². The summed E-state index contributed by atoms with van der Waals surface area (Å²) in [5.74, 6) is 1.02. The Kier molecular flexibility index (Phi) is 5.88. The van der Waals surface area contributed by atoms with Gasteiger partial charge < -0.3 is 0 Å². The van der Waals surface area contributed by atoms with E-state index in [4.69, 9.17) is 0 Å². The highest BCUT2D eigenvalue weighted by atomic mass is 14.3. The Hall–Kier alpha value is -0.440. The molecule has 0 aromatic heterocycles. The highest BCUT2D eigenvalue weighted by molar-refractivity contribution is 4.79. The van der Waals surface area contributed by atoms with E-state index in [1.165, 1.54) is 38.5 Å². The first-order chi connectivity index (χ1) is 6.17. The van der Waals surface area contributed by atoms with Gasteiger partial charge in [-0.3, -0.25) is 0 Å². The van der Waals surface area contributed by atoms with E-state index in [9.17, 15) is 0 Å². The maximum atomic E-state index is 4.00. The summed E-state index contributed by atoms with van der Waals surface area (Å²) in [7, 11) is 0. The first-order valence-corrected chi connectivity index (χ1v) is 5.50. The van der Waals surface area contributed by atoms with Crippen molar-refractivity contribution < 1.29 is 0 Å². The molecule has 0 bridgehead atoms. The molecule has 1 aliphatic carbocycles. The summed E-state index contributed by atoms with van der Waals surface area (Å²) in [6.45, 7) is 7.20. The number of terminal acetylenes is 1. The van der Waals surface area contributed by atoms with Gasteiger partial charge in [0.15, 0.2) is 0 Å². The van der Waals surface area contributed by atoms with Crippen molar-refractivity contribution in [3.63, 3.8) is 0 Å². The van der Waals surface area contributed by atoms with Crippen LogP contribution >= 0.6 is 0 Å². The summed E-state index contributed by atoms with van der Waals surface area (Å²) in [4.78, 5) is 0. The predicted octanol–water partition coefficient (Wildman–Crippen LogP) is 4.25. The Bertz CT molecular complexity index is 135. The third-order valence-corrected chi connectivity index (χ3v) is 3.62. The van der Waals surface area contributed by atoms with Crippen LogP contribution < -0.4 is 0 Å². The van der Waals surface area contributed by atoms with Crippen molar-refractivity contribution >= 4 is 0 Å². The van der Waals surface area contributed by atoms with Crippen LogP contribution in [-0.2, 0) is 0 Å². The SMILES string of the molecule is C#C.CCC(C)(C)C1CCCCC1. The lowest BCUT2D eigenvalue weighted by atomic mass is 9.70. The van der Waals surface area contributed by atoms with Crippen molar-refractivity contribution in [1.82, 2.24) is 0 Å². The van der Waals surface area contributed by atoms with Crippen LogP contribution in [0.5, 0.6) is 0 Å². The molecule has 0 heteroatoms. The minimum absolute atomic E-state index is 0.612. The molecule has 76 valence electrons. The molecule has 1 rings (SSSR count). The highest BCUT2D eigenvalue weighted by Crippen LogP contribution is 2.40. The molecule has 1 aliphatic rings. The van der Waals surface area contributed by atoms with E-state index in [2.05, 4.69) is 33.6 Å². The first kappa shape index (κ1) is 12.6. The van der Waals surface area contributed by atoms with Gasteiger partial charge in [-0.05, 0) is 24.2 Å². The van der Waals surface area contributed by atoms with Crippen molar-refractivity contribution in [1.29, 1.82) is 0 Å². The molecule has 13 heavy (non-hydrogen) atoms. The highest BCUT2D eigenvalue weighted by Gasteiger charge is 2.28. The maximum Gasteiger partial charge on any atom is -0.0329 e. The number of hydrogen-bond acceptors (Lipinski definition) is 0. The Morgan fingerprint density at radius 2 is 1.54 bits per heavy atom. The predicted molar refractivity (Wildman–Crippen MR) is 60.5 cm³/mol. The number of hydrogen-bond donors (Lipinski definition) is 0. The zero-order valence-corrected chi connectivity index (χ0v) is 9.47. The van der Waals surface area contributed by atoms with Gasteiger partial charge in [-0.15, -0.1) is 12.8 Å². The van der Waals surface area contributed by atoms with Crippen molar-refractivity contribution in [2.75, 3.05) is 0 Å². The first-order valence-electron chi connectivity index (χ1n) is 5.50. The molecule has 0 spiro atoms. The zero-order valence-electron chi connectivity index (χ0n) is 9.47. The normalized spacial score (nSPS) is 18.8. The van der Waals surface area contributed by atoms with Crippen LogP contribution in [0.2, 0.25) is 0 Å². The molecule has 0 heterocycles. The lowest BCUT2D eigenvalue weighted by Crippen LogP contribution is -2.25. The van der Waals surface area contributed by atoms with Gasteiger partial charge in [-0.25, -0.2) is 0 Å². The summed E-state index contributed by atoms with van der Waals surface area (Å²) in [6, 6.07) is 0. The minimum atomic E-state index is 0.612. The molecule has 0 amide bonds. The average Bonchev–Trinajstić information content (AvgIpc) is 2.22. The second-order valence-electron chi connectivity index (χ2n) is 4.68. The summed E-state index contributed by atoms with van der Waals surface area (Å²) in [5.41, 5.74) is 0.612. The fraction of sp³-hybridized carbons (Fsp3) is 0.846. The molecule has 0 aromatic rings. The molecule has 0 nitrogen and oxygen atoms in total. The van der Waals surface area contributed by atoms with Crippen LogP contribution in [0.15, 0.2) is 0 Å². The third-order valence-electron chi connectivity index (χ3n) is 3.62. The van der Waals surface area contributed by atoms with Gasteiger partial charge in [0.1, 0.15) is 0 Å². The molecule has 0 aromatic carbocycles. The fourth-order valence-electron chi connectivity index (χ4n) is 2.17. The van der Waals surface area contributed by atoms with Gasteiger partial charge in [0.25, 0.3) is 0 Å². The van der Waals surface area contributed by atoms with E-state index in [1.54, 1.807) is 0 Å². The van der Waals surface area contributed by atoms with Crippen LogP contribution in [0, 0.1) is 24.2 Å². The topological polar surface area (TPSA) is 0 Å². The molecule has 1 fully saturated rings. The van der Waals surface area contributed by atoms with Crippen LogP contribution in [-0.4, -0.2) is 0 Å². The standard InChI is InChI=1S/C11H22.C2H2/c1-4-11(2,3)10-8-6-5-7-9-10;1-2/h10H,4-9H2,1-3H3;1-2H. The second kappa shape index (κ2) is 6.08. The van der Waals surface area contributed by atoms with E-state index in [0.717, 1.165) is 5.92 Å². The van der Waals surface area contributed by atoms with E-state index in [0.29, 0.717) is 5.41 Å². The smallest absolute Gasteiger partial charge is 0.0329 e. The van der Waals surface area contributed by atoms with Crippen LogP contribution in [0.1, 0.15) is 59.3 Å². The van der Waals surface area contributed by atoms with Gasteiger partial charge in [-0.2, -0.15) is 0 Å². The zero-order chi connectivity index (χ0) is 10.3. The average molecular weight is 180 g/mol. The van der Waals surface area contributed by atoms with Crippen molar-refractivity contribution in [2.24, 2.45) is 11.3 Å². The lowest BCUT2D eigenvalue weighted by molar-refractivity contribution is 0.152. The lowest BCUT2D eigenvalue weighted by Gasteiger charge is -2.36. The van der Waals surface area contributed by atoms with E-state index < -0.39 is 0 Å². The fourth-order valence-corrected chi connectivity index (χ4v) is 2.17. The third kappa shape index (κ3) is 3.85. The van der Waals surface area contributed by atoms with Gasteiger partial charge in [0, 0.05) is 0 Å². The van der Waals surface area contributed by atoms with Gasteiger partial charge in [0.2, 0.25) is 0 Å². The Morgan fingerprint density at radius 1 is 1.08 bits per heavy atom. The van der Waals surface area contributed by atoms with Crippen LogP contribution in [0.3, 0.4) is 0 Å². The molecule has 0 aliphatic heterocycles. The molecule has 0 atom stereocenters. The Morgan fingerprint density at radius 3 is 1.92 bits per heavy atom. The van der Waals surface area contributed by atoms with Crippen molar-refractivity contribution in [3.8, 4) is 12.8 Å². The van der Waals surface area contributed by atoms with E-state index >= 15 is 0 Å².